The van der Waals surface area contributed by atoms with Gasteiger partial charge in [0.25, 0.3) is 0 Å². The van der Waals surface area contributed by atoms with Crippen LogP contribution in [0.15, 0.2) is 0 Å². The lowest BCUT2D eigenvalue weighted by molar-refractivity contribution is 0.0725. The Hall–Kier alpha value is 0.287. The molecule has 0 aliphatic carbocycles. The zero-order valence-corrected chi connectivity index (χ0v) is 15.2. The predicted octanol–water partition coefficient (Wildman–Crippen LogP) is 3.35. The van der Waals surface area contributed by atoms with E-state index in [1.807, 2.05) is 27.7 Å². The summed E-state index contributed by atoms with van der Waals surface area (Å²) in [6.45, 7) is 13.4. The number of rotatable bonds is 9. The molecule has 0 saturated heterocycles. The van der Waals surface area contributed by atoms with Gasteiger partial charge in [0.05, 0.1) is 0 Å². The summed E-state index contributed by atoms with van der Waals surface area (Å²) >= 11 is 0. The molecule has 0 aliphatic heterocycles. The Morgan fingerprint density at radius 2 is 1.16 bits per heavy atom. The van der Waals surface area contributed by atoms with Crippen molar-refractivity contribution in [2.45, 2.75) is 47.6 Å². The highest BCUT2D eigenvalue weighted by atomic mass is 31.2. The third-order valence-electron chi connectivity index (χ3n) is 2.51. The van der Waals surface area contributed by atoms with Gasteiger partial charge in [-0.2, -0.15) is 0 Å². The van der Waals surface area contributed by atoms with Gasteiger partial charge in [0.1, 0.15) is 0 Å². The maximum Gasteiger partial charge on any atom is 0.500 e. The third-order valence-corrected chi connectivity index (χ3v) is 7.54. The van der Waals surface area contributed by atoms with E-state index in [2.05, 4.69) is 0 Å². The van der Waals surface area contributed by atoms with Gasteiger partial charge in [-0.25, -0.2) is 0 Å². The highest BCUT2D eigenvalue weighted by Gasteiger charge is 2.37. The van der Waals surface area contributed by atoms with Gasteiger partial charge in [-0.1, -0.05) is 20.8 Å². The lowest BCUT2D eigenvalue weighted by Gasteiger charge is -2.26. The van der Waals surface area contributed by atoms with Crippen LogP contribution in [0.5, 0.6) is 0 Å². The van der Waals surface area contributed by atoms with Gasteiger partial charge >= 0.3 is 8.80 Å². The summed E-state index contributed by atoms with van der Waals surface area (Å²) in [5, 5.41) is 0. The summed E-state index contributed by atoms with van der Waals surface area (Å²) in [5.74, 6) is 0. The van der Waals surface area contributed by atoms with Gasteiger partial charge in [-0.3, -0.25) is 4.57 Å². The van der Waals surface area contributed by atoms with Gasteiger partial charge in [-0.05, 0) is 20.8 Å². The standard InChI is InChI=1S/C8H20O3Si.C4H11O2P/c1-5-9-12(8-4,10-6-2)11-7-3;1-3-7(5,6)4-2/h5-8H2,1-4H3;3-4H2,1-2H3,(H,5,6). The minimum Gasteiger partial charge on any atom is -0.374 e. The zero-order valence-electron chi connectivity index (χ0n) is 13.3. The summed E-state index contributed by atoms with van der Waals surface area (Å²) in [6, 6.07) is 0.850. The van der Waals surface area contributed by atoms with Crippen molar-refractivity contribution in [1.82, 2.24) is 0 Å². The Kier molecular flexibility index (Phi) is 13.7. The number of hydrogen-bond donors (Lipinski definition) is 1. The highest BCUT2D eigenvalue weighted by molar-refractivity contribution is 7.57. The molecule has 118 valence electrons. The van der Waals surface area contributed by atoms with Crippen LogP contribution in [-0.2, 0) is 17.8 Å². The van der Waals surface area contributed by atoms with E-state index >= 15 is 0 Å². The molecule has 0 aromatic carbocycles. The normalized spacial score (nSPS) is 11.9. The first kappa shape index (κ1) is 21.6. The zero-order chi connectivity index (χ0) is 15.4. The van der Waals surface area contributed by atoms with Crippen molar-refractivity contribution in [2.75, 3.05) is 32.1 Å². The molecule has 0 aliphatic rings. The third kappa shape index (κ3) is 10.7. The van der Waals surface area contributed by atoms with Crippen molar-refractivity contribution in [3.8, 4) is 0 Å². The maximum atomic E-state index is 10.5. The Morgan fingerprint density at radius 3 is 1.26 bits per heavy atom. The molecule has 0 saturated carbocycles. The van der Waals surface area contributed by atoms with Crippen LogP contribution in [0.25, 0.3) is 0 Å². The van der Waals surface area contributed by atoms with E-state index < -0.39 is 16.2 Å². The van der Waals surface area contributed by atoms with Crippen molar-refractivity contribution < 1.29 is 22.7 Å². The molecule has 19 heavy (non-hydrogen) atoms. The van der Waals surface area contributed by atoms with Crippen LogP contribution in [0.3, 0.4) is 0 Å². The summed E-state index contributed by atoms with van der Waals surface area (Å²) in [7, 11) is -4.92. The summed E-state index contributed by atoms with van der Waals surface area (Å²) < 4.78 is 27.2. The average Bonchev–Trinajstić information content (AvgIpc) is 2.40. The minimum atomic E-state index is -2.65. The summed E-state index contributed by atoms with van der Waals surface area (Å²) in [4.78, 5) is 8.69. The molecule has 0 atom stereocenters. The van der Waals surface area contributed by atoms with Gasteiger partial charge in [0.2, 0.25) is 0 Å². The quantitative estimate of drug-likeness (QED) is 0.522. The molecule has 0 aromatic rings. The Labute approximate surface area is 119 Å². The monoisotopic (exact) mass is 314 g/mol. The van der Waals surface area contributed by atoms with E-state index in [0.717, 1.165) is 6.04 Å². The van der Waals surface area contributed by atoms with Crippen molar-refractivity contribution in [1.29, 1.82) is 0 Å². The van der Waals surface area contributed by atoms with Crippen molar-refractivity contribution in [2.24, 2.45) is 0 Å². The number of hydrogen-bond acceptors (Lipinski definition) is 4. The second-order valence-electron chi connectivity index (χ2n) is 3.81. The fourth-order valence-corrected chi connectivity index (χ4v) is 3.94. The van der Waals surface area contributed by atoms with E-state index in [1.54, 1.807) is 13.8 Å². The molecule has 7 heteroatoms. The van der Waals surface area contributed by atoms with Gasteiger partial charge < -0.3 is 18.2 Å². The lowest BCUT2D eigenvalue weighted by atomic mass is 10.9. The van der Waals surface area contributed by atoms with Crippen LogP contribution < -0.4 is 0 Å². The molecule has 0 heterocycles. The molecule has 1 N–H and O–H groups in total. The SMILES string of the molecule is CCO[Si](CC)(OCC)OCC.CCP(=O)(O)CC. The molecule has 0 unspecified atom stereocenters. The second-order valence-corrected chi connectivity index (χ2v) is 9.71. The molecule has 0 fully saturated rings. The second kappa shape index (κ2) is 12.1. The molecule has 0 aromatic heterocycles. The van der Waals surface area contributed by atoms with Crippen LogP contribution in [-0.4, -0.2) is 45.8 Å². The predicted molar refractivity (Wildman–Crippen MR) is 82.0 cm³/mol. The molecule has 0 radical (unpaired) electrons. The Balaban J connectivity index is 0. The van der Waals surface area contributed by atoms with Crippen LogP contribution in [0.4, 0.5) is 0 Å². The highest BCUT2D eigenvalue weighted by Crippen LogP contribution is 2.38. The Morgan fingerprint density at radius 1 is 0.842 bits per heavy atom. The van der Waals surface area contributed by atoms with E-state index in [-0.39, 0.29) is 0 Å². The van der Waals surface area contributed by atoms with Crippen LogP contribution in [0.2, 0.25) is 6.04 Å². The van der Waals surface area contributed by atoms with Crippen LogP contribution >= 0.6 is 7.37 Å². The largest absolute Gasteiger partial charge is 0.500 e. The molecule has 5 nitrogen and oxygen atoms in total. The first-order valence-electron chi connectivity index (χ1n) is 7.09. The molecule has 0 amide bonds. The topological polar surface area (TPSA) is 65.0 Å². The molecule has 0 bridgehead atoms. The van der Waals surface area contributed by atoms with Crippen molar-refractivity contribution in [3.05, 3.63) is 0 Å². The van der Waals surface area contributed by atoms with E-state index in [0.29, 0.717) is 32.1 Å². The van der Waals surface area contributed by atoms with E-state index in [9.17, 15) is 4.57 Å². The van der Waals surface area contributed by atoms with Gasteiger partial charge in [0.15, 0.2) is 7.37 Å². The van der Waals surface area contributed by atoms with Crippen molar-refractivity contribution in [3.63, 3.8) is 0 Å². The summed E-state index contributed by atoms with van der Waals surface area (Å²) in [6.07, 6.45) is 0.812. The molecule has 0 spiro atoms. The smallest absolute Gasteiger partial charge is 0.374 e. The average molecular weight is 314 g/mol. The van der Waals surface area contributed by atoms with E-state index in [1.165, 1.54) is 0 Å². The van der Waals surface area contributed by atoms with Gasteiger partial charge in [0, 0.05) is 38.2 Å². The van der Waals surface area contributed by atoms with Crippen LogP contribution in [0.1, 0.15) is 41.5 Å². The van der Waals surface area contributed by atoms with E-state index in [4.69, 9.17) is 18.2 Å². The molecular weight excluding hydrogens is 283 g/mol. The van der Waals surface area contributed by atoms with Crippen LogP contribution in [0, 0.1) is 0 Å². The fraction of sp³-hybridized carbons (Fsp3) is 1.00. The minimum absolute atomic E-state index is 0.406. The fourth-order valence-electron chi connectivity index (χ4n) is 1.31. The Bertz CT molecular complexity index is 225. The van der Waals surface area contributed by atoms with Crippen molar-refractivity contribution >= 4 is 16.2 Å². The first-order chi connectivity index (χ1) is 8.86. The summed E-state index contributed by atoms with van der Waals surface area (Å²) in [5.41, 5.74) is 0. The lowest BCUT2D eigenvalue weighted by Crippen LogP contribution is -2.45. The molecular formula is C12H31O5PSi. The van der Waals surface area contributed by atoms with Gasteiger partial charge in [-0.15, -0.1) is 0 Å². The first-order valence-corrected chi connectivity index (χ1v) is 11.1. The molecule has 0 rings (SSSR count). The maximum absolute atomic E-state index is 10.5.